The molecule has 44 heavy (non-hydrogen) atoms. The smallest absolute Gasteiger partial charge is 0.410 e. The Morgan fingerprint density at radius 1 is 0.977 bits per heavy atom. The van der Waals surface area contributed by atoms with Crippen molar-refractivity contribution in [1.82, 2.24) is 20.4 Å². The molecule has 5 aliphatic rings. The number of carboxylic acid groups (broad SMARTS) is 1. The normalized spacial score (nSPS) is 31.5. The van der Waals surface area contributed by atoms with Crippen molar-refractivity contribution in [3.8, 4) is 0 Å². The Bertz CT molecular complexity index is 1320. The zero-order valence-electron chi connectivity index (χ0n) is 25.0. The minimum Gasteiger partial charge on any atom is -0.479 e. The van der Waals surface area contributed by atoms with Crippen LogP contribution in [0.1, 0.15) is 81.8 Å². The van der Waals surface area contributed by atoms with E-state index in [9.17, 15) is 29.1 Å². The first-order valence-electron chi connectivity index (χ1n) is 16.1. The fourth-order valence-corrected chi connectivity index (χ4v) is 7.30. The van der Waals surface area contributed by atoms with Crippen molar-refractivity contribution in [1.29, 1.82) is 0 Å². The summed E-state index contributed by atoms with van der Waals surface area (Å²) in [4.78, 5) is 69.6. The summed E-state index contributed by atoms with van der Waals surface area (Å²) in [5.74, 6) is -2.68. The van der Waals surface area contributed by atoms with Crippen LogP contribution in [0.4, 0.5) is 4.79 Å². The number of ether oxygens (including phenoxy) is 1. The van der Waals surface area contributed by atoms with Gasteiger partial charge in [-0.3, -0.25) is 19.3 Å². The number of allylic oxidation sites excluding steroid dienone is 1. The molecule has 0 bridgehead atoms. The Kier molecular flexibility index (Phi) is 8.64. The number of fused-ring (bicyclic) bond motifs is 3. The van der Waals surface area contributed by atoms with E-state index in [1.807, 2.05) is 36.4 Å². The lowest BCUT2D eigenvalue weighted by atomic mass is 10.0. The second-order valence-electron chi connectivity index (χ2n) is 13.1. The Balaban J connectivity index is 1.22. The molecule has 4 amide bonds. The second kappa shape index (κ2) is 12.6. The molecule has 6 rings (SSSR count). The molecule has 0 spiro atoms. The van der Waals surface area contributed by atoms with Crippen LogP contribution in [-0.4, -0.2) is 75.0 Å². The van der Waals surface area contributed by atoms with Crippen molar-refractivity contribution in [2.24, 2.45) is 11.8 Å². The van der Waals surface area contributed by atoms with Crippen molar-refractivity contribution < 1.29 is 33.8 Å². The Labute approximate surface area is 257 Å². The highest BCUT2D eigenvalue weighted by Crippen LogP contribution is 2.45. The number of benzene rings is 1. The largest absolute Gasteiger partial charge is 0.479 e. The highest BCUT2D eigenvalue weighted by Gasteiger charge is 2.61. The van der Waals surface area contributed by atoms with Gasteiger partial charge < -0.3 is 25.4 Å². The van der Waals surface area contributed by atoms with Crippen LogP contribution in [0.3, 0.4) is 0 Å². The summed E-state index contributed by atoms with van der Waals surface area (Å²) in [6, 6.07) is 5.93. The maximum Gasteiger partial charge on any atom is 0.410 e. The lowest BCUT2D eigenvalue weighted by Gasteiger charge is -2.30. The van der Waals surface area contributed by atoms with Gasteiger partial charge in [-0.2, -0.15) is 0 Å². The van der Waals surface area contributed by atoms with Crippen molar-refractivity contribution in [2.45, 2.75) is 107 Å². The first-order chi connectivity index (χ1) is 21.2. The van der Waals surface area contributed by atoms with Gasteiger partial charge >= 0.3 is 12.1 Å². The van der Waals surface area contributed by atoms with Crippen LogP contribution in [0, 0.1) is 11.8 Å². The number of hydrogen-bond acceptors (Lipinski definition) is 6. The molecule has 5 atom stereocenters. The summed E-state index contributed by atoms with van der Waals surface area (Å²) >= 11 is 0. The maximum absolute atomic E-state index is 14.2. The fraction of sp³-hybridized carbons (Fsp3) is 0.606. The summed E-state index contributed by atoms with van der Waals surface area (Å²) in [5.41, 5.74) is 0.672. The van der Waals surface area contributed by atoms with Crippen LogP contribution < -0.4 is 10.6 Å². The summed E-state index contributed by atoms with van der Waals surface area (Å²) in [7, 11) is 0. The van der Waals surface area contributed by atoms with Gasteiger partial charge in [0.25, 0.3) is 0 Å². The fourth-order valence-electron chi connectivity index (χ4n) is 7.30. The number of amides is 4. The van der Waals surface area contributed by atoms with E-state index in [1.54, 1.807) is 4.90 Å². The van der Waals surface area contributed by atoms with Crippen molar-refractivity contribution >= 4 is 29.8 Å². The van der Waals surface area contributed by atoms with Gasteiger partial charge in [-0.05, 0) is 49.7 Å². The first-order valence-corrected chi connectivity index (χ1v) is 16.1. The summed E-state index contributed by atoms with van der Waals surface area (Å²) in [5, 5.41) is 15.8. The topological polar surface area (TPSA) is 145 Å². The van der Waals surface area contributed by atoms with Crippen LogP contribution in [-0.2, 0) is 37.0 Å². The third kappa shape index (κ3) is 6.19. The molecule has 1 saturated heterocycles. The molecule has 0 unspecified atom stereocenters. The predicted molar refractivity (Wildman–Crippen MR) is 159 cm³/mol. The van der Waals surface area contributed by atoms with Crippen LogP contribution in [0.5, 0.6) is 0 Å². The molecule has 11 nitrogen and oxygen atoms in total. The van der Waals surface area contributed by atoms with Gasteiger partial charge in [0.05, 0.1) is 6.54 Å². The lowest BCUT2D eigenvalue weighted by Crippen LogP contribution is -2.56. The number of nitrogens with one attached hydrogen (secondary N) is 2. The van der Waals surface area contributed by atoms with Crippen molar-refractivity contribution in [3.05, 3.63) is 47.5 Å². The minimum absolute atomic E-state index is 0.0113. The van der Waals surface area contributed by atoms with E-state index < -0.39 is 47.6 Å². The monoisotopic (exact) mass is 606 g/mol. The van der Waals surface area contributed by atoms with Gasteiger partial charge in [0.1, 0.15) is 23.7 Å². The Morgan fingerprint density at radius 3 is 2.39 bits per heavy atom. The highest BCUT2D eigenvalue weighted by atomic mass is 16.6. The van der Waals surface area contributed by atoms with E-state index in [-0.39, 0.29) is 37.1 Å². The molecule has 3 fully saturated rings. The number of carboxylic acids is 1. The number of nitrogens with zero attached hydrogens (tertiary/aromatic N) is 2. The third-order valence-electron chi connectivity index (χ3n) is 10.0. The van der Waals surface area contributed by atoms with Crippen molar-refractivity contribution in [2.75, 3.05) is 6.54 Å². The van der Waals surface area contributed by atoms with Gasteiger partial charge in [-0.15, -0.1) is 0 Å². The molecule has 2 saturated carbocycles. The average molecular weight is 607 g/mol. The van der Waals surface area contributed by atoms with E-state index in [0.717, 1.165) is 62.5 Å². The summed E-state index contributed by atoms with van der Waals surface area (Å²) < 4.78 is 5.87. The molecular formula is C33H42N4O7. The zero-order valence-corrected chi connectivity index (χ0v) is 25.0. The Morgan fingerprint density at radius 2 is 1.68 bits per heavy atom. The van der Waals surface area contributed by atoms with E-state index >= 15 is 0 Å². The minimum atomic E-state index is -1.42. The third-order valence-corrected chi connectivity index (χ3v) is 10.0. The van der Waals surface area contributed by atoms with Crippen LogP contribution in [0.25, 0.3) is 0 Å². The molecule has 11 heteroatoms. The highest BCUT2D eigenvalue weighted by molar-refractivity contribution is 5.96. The van der Waals surface area contributed by atoms with Crippen molar-refractivity contribution in [3.63, 3.8) is 0 Å². The molecule has 0 radical (unpaired) electrons. The van der Waals surface area contributed by atoms with E-state index in [2.05, 4.69) is 10.6 Å². The molecule has 3 N–H and O–H groups in total. The number of rotatable bonds is 4. The summed E-state index contributed by atoms with van der Waals surface area (Å²) in [6.07, 6.45) is 10.1. The van der Waals surface area contributed by atoms with Crippen LogP contribution in [0.2, 0.25) is 0 Å². The first kappa shape index (κ1) is 30.1. The standard InChI is InChI=1S/C33H42N4O7/c38-28(21-10-6-7-11-21)34-26-15-5-3-1-2-4-14-24-17-33(24,31(41)42)35-29(39)27-16-25(20-37(27)30(26)40)44-32(43)36-18-22-12-8-9-13-23(22)19-36/h4,8-9,12-14,21,24-27H,1-3,5-7,10-11,15-20H2,(H,34,38)(H,35,39)(H,41,42)/b14-4-/t24-,25-,26+,27+,33-/m1/s1. The second-order valence-corrected chi connectivity index (χ2v) is 13.1. The predicted octanol–water partition coefficient (Wildman–Crippen LogP) is 3.26. The van der Waals surface area contributed by atoms with Gasteiger partial charge in [-0.1, -0.05) is 62.1 Å². The molecule has 3 heterocycles. The van der Waals surface area contributed by atoms with Gasteiger partial charge in [0, 0.05) is 31.3 Å². The van der Waals surface area contributed by atoms with Gasteiger partial charge in [0.2, 0.25) is 17.7 Å². The SMILES string of the molecule is O=C(N[C@H]1CCCCC/C=C\[C@@H]2C[C@@]2(C(=O)O)NC(=O)[C@@H]2C[C@@H](OC(=O)N3Cc4ccccc4C3)CN2C1=O)C1CCCC1. The molecular weight excluding hydrogens is 564 g/mol. The molecule has 0 aromatic heterocycles. The Hall–Kier alpha value is -3.89. The summed E-state index contributed by atoms with van der Waals surface area (Å²) in [6.45, 7) is 0.821. The lowest BCUT2D eigenvalue weighted by molar-refractivity contribution is -0.146. The number of aliphatic carboxylic acids is 1. The van der Waals surface area contributed by atoms with Crippen LogP contribution >= 0.6 is 0 Å². The van der Waals surface area contributed by atoms with Gasteiger partial charge in [-0.25, -0.2) is 9.59 Å². The molecule has 2 aliphatic carbocycles. The average Bonchev–Trinajstić information content (AvgIpc) is 3.45. The van der Waals surface area contributed by atoms with E-state index in [0.29, 0.717) is 19.5 Å². The van der Waals surface area contributed by atoms with E-state index in [1.165, 1.54) is 4.90 Å². The van der Waals surface area contributed by atoms with Gasteiger partial charge in [0.15, 0.2) is 0 Å². The molecule has 3 aliphatic heterocycles. The number of carbonyl (C=O) groups excluding carboxylic acids is 4. The molecule has 236 valence electrons. The molecule has 1 aromatic carbocycles. The number of hydrogen-bond donors (Lipinski definition) is 3. The quantitative estimate of drug-likeness (QED) is 0.446. The maximum atomic E-state index is 14.2. The zero-order chi connectivity index (χ0) is 30.8. The molecule has 1 aromatic rings. The van der Waals surface area contributed by atoms with Crippen LogP contribution in [0.15, 0.2) is 36.4 Å². The van der Waals surface area contributed by atoms with E-state index in [4.69, 9.17) is 4.74 Å². The number of carbonyl (C=O) groups is 5.